The Labute approximate surface area is 72.4 Å². The molecule has 0 bridgehead atoms. The molecule has 1 heterocycles. The molecule has 1 aromatic carbocycles. The number of benzene rings is 1. The quantitative estimate of drug-likeness (QED) is 0.355. The maximum Gasteiger partial charge on any atom is 0.268 e. The van der Waals surface area contributed by atoms with Crippen LogP contribution in [0.5, 0.6) is 0 Å². The smallest absolute Gasteiger partial charge is 0.258 e. The number of fused-ring (bicyclic) bond motifs is 1. The summed E-state index contributed by atoms with van der Waals surface area (Å²) in [5, 5.41) is 11.7. The zero-order valence-corrected chi connectivity index (χ0v) is 8.03. The maximum atomic E-state index is 10.6. The van der Waals surface area contributed by atoms with Crippen LogP contribution in [0.25, 0.3) is 0 Å². The third kappa shape index (κ3) is 1.04. The van der Waals surface area contributed by atoms with Crippen molar-refractivity contribution in [2.75, 3.05) is 0 Å². The summed E-state index contributed by atoms with van der Waals surface area (Å²) in [5.41, 5.74) is 1.58. The van der Waals surface area contributed by atoms with Gasteiger partial charge in [0, 0.05) is 11.3 Å². The number of aryl methyl sites for hydroxylation is 1. The minimum atomic E-state index is -0.322. The van der Waals surface area contributed by atoms with Gasteiger partial charge in [-0.25, -0.2) is 0 Å². The van der Waals surface area contributed by atoms with Crippen molar-refractivity contribution >= 4 is 20.4 Å². The lowest BCUT2D eigenvalue weighted by Crippen LogP contribution is -2.15. The van der Waals surface area contributed by atoms with E-state index in [4.69, 9.17) is 0 Å². The molecule has 0 saturated heterocycles. The Morgan fingerprint density at radius 3 is 3.08 bits per heavy atom. The monoisotopic (exact) mass is 179 g/mol. The molecule has 0 aliphatic carbocycles. The van der Waals surface area contributed by atoms with Crippen molar-refractivity contribution in [3.63, 3.8) is 0 Å². The van der Waals surface area contributed by atoms with Gasteiger partial charge in [-0.05, 0) is 12.0 Å². The van der Waals surface area contributed by atoms with Crippen LogP contribution in [0.1, 0.15) is 5.56 Å². The molecule has 62 valence electrons. The molecule has 2 rings (SSSR count). The average molecular weight is 179 g/mol. The summed E-state index contributed by atoms with van der Waals surface area (Å²) >= 11 is 0. The number of hydrogen-bond donors (Lipinski definition) is 0. The summed E-state index contributed by atoms with van der Waals surface area (Å²) < 4.78 is 0. The molecule has 0 spiro atoms. The van der Waals surface area contributed by atoms with Crippen molar-refractivity contribution in [2.24, 2.45) is 0 Å². The van der Waals surface area contributed by atoms with Crippen LogP contribution in [0, 0.1) is 10.1 Å². The minimum absolute atomic E-state index is 0.253. The van der Waals surface area contributed by atoms with Crippen molar-refractivity contribution in [1.82, 2.24) is 0 Å². The van der Waals surface area contributed by atoms with Gasteiger partial charge >= 0.3 is 0 Å². The van der Waals surface area contributed by atoms with Crippen molar-refractivity contribution in [3.05, 3.63) is 33.9 Å². The van der Waals surface area contributed by atoms with E-state index in [0.29, 0.717) is 5.69 Å². The first kappa shape index (κ1) is 7.48. The normalized spacial score (nSPS) is 16.3. The lowest BCUT2D eigenvalue weighted by atomic mass is 10.1. The van der Waals surface area contributed by atoms with Gasteiger partial charge in [0.2, 0.25) is 0 Å². The second-order valence-electron chi connectivity index (χ2n) is 3.03. The van der Waals surface area contributed by atoms with Gasteiger partial charge in [-0.2, -0.15) is 0 Å². The van der Waals surface area contributed by atoms with Gasteiger partial charge < -0.3 is 0 Å². The summed E-state index contributed by atoms with van der Waals surface area (Å²) in [5.74, 6) is 0. The van der Waals surface area contributed by atoms with Gasteiger partial charge in [0.05, 0.1) is 14.4 Å². The highest BCUT2D eigenvalue weighted by Crippen LogP contribution is 2.16. The van der Waals surface area contributed by atoms with Crippen molar-refractivity contribution in [1.29, 1.82) is 0 Å². The molecule has 3 nitrogen and oxygen atoms in total. The molecule has 0 amide bonds. The standard InChI is InChI=1S/C8H9NO2Si/c10-9(11)7-3-1-2-6-4-5-12-8(6)7/h1-3H,4-5,12H2. The summed E-state index contributed by atoms with van der Waals surface area (Å²) in [6, 6.07) is 6.62. The van der Waals surface area contributed by atoms with E-state index in [1.807, 2.05) is 6.07 Å². The zero-order chi connectivity index (χ0) is 8.55. The molecule has 0 aromatic heterocycles. The van der Waals surface area contributed by atoms with Crippen LogP contribution >= 0.6 is 0 Å². The highest BCUT2D eigenvalue weighted by atomic mass is 28.2. The fraction of sp³-hybridized carbons (Fsp3) is 0.250. The fourth-order valence-corrected chi connectivity index (χ4v) is 3.80. The van der Waals surface area contributed by atoms with Crippen molar-refractivity contribution in [3.8, 4) is 0 Å². The summed E-state index contributed by atoms with van der Waals surface area (Å²) in [6.07, 6.45) is 1.06. The van der Waals surface area contributed by atoms with E-state index in [9.17, 15) is 10.1 Å². The van der Waals surface area contributed by atoms with Crippen LogP contribution < -0.4 is 5.19 Å². The van der Waals surface area contributed by atoms with Crippen LogP contribution in [-0.4, -0.2) is 14.4 Å². The Bertz CT molecular complexity index is 338. The molecule has 0 radical (unpaired) electrons. The number of nitrogens with zero attached hydrogens (tertiary/aromatic N) is 1. The lowest BCUT2D eigenvalue weighted by molar-refractivity contribution is -0.383. The van der Waals surface area contributed by atoms with Crippen LogP contribution in [0.4, 0.5) is 5.69 Å². The molecule has 1 aliphatic heterocycles. The van der Waals surface area contributed by atoms with Gasteiger partial charge in [0.25, 0.3) is 5.69 Å². The number of hydrogen-bond acceptors (Lipinski definition) is 2. The molecule has 0 atom stereocenters. The number of nitro groups is 1. The Kier molecular flexibility index (Phi) is 1.69. The van der Waals surface area contributed by atoms with Crippen LogP contribution in [0.2, 0.25) is 6.04 Å². The molecule has 0 saturated carbocycles. The van der Waals surface area contributed by atoms with E-state index in [2.05, 4.69) is 0 Å². The van der Waals surface area contributed by atoms with E-state index >= 15 is 0 Å². The largest absolute Gasteiger partial charge is 0.268 e. The van der Waals surface area contributed by atoms with Crippen LogP contribution in [0.3, 0.4) is 0 Å². The van der Waals surface area contributed by atoms with E-state index < -0.39 is 0 Å². The fourth-order valence-electron chi connectivity index (χ4n) is 1.77. The Morgan fingerprint density at radius 2 is 2.33 bits per heavy atom. The SMILES string of the molecule is O=[N+]([O-])c1cccc2c1[SiH2]CC2. The van der Waals surface area contributed by atoms with E-state index in [0.717, 1.165) is 11.6 Å². The maximum absolute atomic E-state index is 10.6. The second kappa shape index (κ2) is 2.71. The lowest BCUT2D eigenvalue weighted by Gasteiger charge is -1.98. The molecule has 0 fully saturated rings. The van der Waals surface area contributed by atoms with Crippen molar-refractivity contribution < 1.29 is 4.92 Å². The van der Waals surface area contributed by atoms with Gasteiger partial charge in [-0.3, -0.25) is 10.1 Å². The predicted molar refractivity (Wildman–Crippen MR) is 49.8 cm³/mol. The van der Waals surface area contributed by atoms with E-state index in [-0.39, 0.29) is 14.4 Å². The molecular weight excluding hydrogens is 170 g/mol. The van der Waals surface area contributed by atoms with E-state index in [1.54, 1.807) is 12.1 Å². The first-order chi connectivity index (χ1) is 5.79. The molecule has 4 heteroatoms. The molecule has 1 aromatic rings. The van der Waals surface area contributed by atoms with E-state index in [1.165, 1.54) is 11.6 Å². The Balaban J connectivity index is 2.56. The van der Waals surface area contributed by atoms with Gasteiger partial charge in [0.1, 0.15) is 0 Å². The minimum Gasteiger partial charge on any atom is -0.258 e. The molecule has 1 aliphatic rings. The number of rotatable bonds is 1. The third-order valence-electron chi connectivity index (χ3n) is 2.32. The first-order valence-corrected chi connectivity index (χ1v) is 5.75. The third-order valence-corrected chi connectivity index (χ3v) is 4.34. The van der Waals surface area contributed by atoms with Crippen molar-refractivity contribution in [2.45, 2.75) is 12.5 Å². The molecular formula is C8H9NO2Si. The van der Waals surface area contributed by atoms with Crippen LogP contribution in [0.15, 0.2) is 18.2 Å². The molecule has 12 heavy (non-hydrogen) atoms. The highest BCUT2D eigenvalue weighted by molar-refractivity contribution is 6.57. The van der Waals surface area contributed by atoms with Gasteiger partial charge in [0.15, 0.2) is 0 Å². The average Bonchev–Trinajstić information content (AvgIpc) is 2.49. The second-order valence-corrected chi connectivity index (χ2v) is 4.94. The highest BCUT2D eigenvalue weighted by Gasteiger charge is 2.20. The summed E-state index contributed by atoms with van der Waals surface area (Å²) in [4.78, 5) is 10.3. The summed E-state index contributed by atoms with van der Waals surface area (Å²) in [7, 11) is -0.322. The Morgan fingerprint density at radius 1 is 1.50 bits per heavy atom. The van der Waals surface area contributed by atoms with Gasteiger partial charge in [-0.1, -0.05) is 18.2 Å². The predicted octanol–water partition coefficient (Wildman–Crippen LogP) is 0.363. The zero-order valence-electron chi connectivity index (χ0n) is 6.62. The molecule has 0 unspecified atom stereocenters. The first-order valence-electron chi connectivity index (χ1n) is 4.04. The molecule has 0 N–H and O–H groups in total. The topological polar surface area (TPSA) is 43.1 Å². The van der Waals surface area contributed by atoms with Gasteiger partial charge in [-0.15, -0.1) is 0 Å². The van der Waals surface area contributed by atoms with Crippen LogP contribution in [-0.2, 0) is 6.42 Å². The Hall–Kier alpha value is -1.16. The summed E-state index contributed by atoms with van der Waals surface area (Å²) in [6.45, 7) is 0. The number of nitro benzene ring substituents is 1.